The van der Waals surface area contributed by atoms with Gasteiger partial charge in [-0.3, -0.25) is 6.08 Å². The second-order valence-electron chi connectivity index (χ2n) is 14.7. The van der Waals surface area contributed by atoms with Gasteiger partial charge in [0.15, 0.2) is 0 Å². The molecule has 7 aromatic rings. The van der Waals surface area contributed by atoms with Crippen molar-refractivity contribution in [3.63, 3.8) is 0 Å². The molecule has 0 fully saturated rings. The summed E-state index contributed by atoms with van der Waals surface area (Å²) in [6, 6.07) is 46.6. The minimum atomic E-state index is 0. The van der Waals surface area contributed by atoms with Gasteiger partial charge in [0.25, 0.3) is 0 Å². The molecule has 0 aliphatic heterocycles. The van der Waals surface area contributed by atoms with Crippen molar-refractivity contribution in [1.29, 1.82) is 0 Å². The number of rotatable bonds is 2. The third kappa shape index (κ3) is 8.87. The van der Waals surface area contributed by atoms with E-state index in [1.807, 2.05) is 12.2 Å². The van der Waals surface area contributed by atoms with Crippen LogP contribution in [0.2, 0.25) is 0 Å². The molecule has 50 heavy (non-hydrogen) atoms. The first-order valence-corrected chi connectivity index (χ1v) is 18.1. The zero-order valence-electron chi connectivity index (χ0n) is 29.9. The number of fused-ring (bicyclic) bond motifs is 5. The Labute approximate surface area is 325 Å². The summed E-state index contributed by atoms with van der Waals surface area (Å²) in [6.45, 7) is 13.7. The van der Waals surface area contributed by atoms with Crippen LogP contribution in [0.5, 0.6) is 0 Å². The van der Waals surface area contributed by atoms with Gasteiger partial charge in [-0.05, 0) is 10.8 Å². The standard InChI is InChI=1S/C21H14.C21H25.C5H5.2ClH.Zr/c1-3-13-20-16(7-1)9-5-11-18(20)15-19-12-6-10-17-8-2-4-14-21(17)19;1-20(2,3)16-9-7-14-11-15-8-10-17(21(4,5)6)13-19(15)18(14)12-16;1-2-4-5-3-1;;;/h1-14H;7-13H,1-6H3;1-3H,4H2;2*1H;/q;2*-1;;;+2. The molecular formula is C47H46Cl2Zr. The normalized spacial score (nSPS) is 12.2. The first kappa shape index (κ1) is 39.3. The Bertz CT molecular complexity index is 2130. The summed E-state index contributed by atoms with van der Waals surface area (Å²) in [5.74, 6) is 0. The van der Waals surface area contributed by atoms with E-state index >= 15 is 0 Å². The Morgan fingerprint density at radius 3 is 1.38 bits per heavy atom. The number of halogens is 2. The molecule has 0 bridgehead atoms. The fourth-order valence-electron chi connectivity index (χ4n) is 6.30. The average molecular weight is 773 g/mol. The molecule has 1 aliphatic rings. The number of hydrogen-bond donors (Lipinski definition) is 0. The molecule has 0 atom stereocenters. The van der Waals surface area contributed by atoms with Crippen LogP contribution in [-0.2, 0) is 35.1 Å². The number of hydrogen-bond acceptors (Lipinski definition) is 0. The van der Waals surface area contributed by atoms with Gasteiger partial charge in [-0.2, -0.15) is 6.08 Å². The van der Waals surface area contributed by atoms with Crippen molar-refractivity contribution in [2.75, 3.05) is 0 Å². The van der Waals surface area contributed by atoms with E-state index in [1.165, 1.54) is 92.8 Å². The molecular weight excluding hydrogens is 727 g/mol. The van der Waals surface area contributed by atoms with Gasteiger partial charge in [0.05, 0.1) is 0 Å². The van der Waals surface area contributed by atoms with Gasteiger partial charge in [0.1, 0.15) is 0 Å². The summed E-state index contributed by atoms with van der Waals surface area (Å²) in [7, 11) is 0. The quantitative estimate of drug-likeness (QED) is 0.154. The van der Waals surface area contributed by atoms with Crippen molar-refractivity contribution in [3.05, 3.63) is 174 Å². The van der Waals surface area contributed by atoms with E-state index in [0.717, 1.165) is 6.42 Å². The van der Waals surface area contributed by atoms with Gasteiger partial charge < -0.3 is 0 Å². The molecule has 3 heteroatoms. The zero-order valence-corrected chi connectivity index (χ0v) is 34.0. The van der Waals surface area contributed by atoms with Crippen molar-refractivity contribution in [2.45, 2.75) is 58.8 Å². The summed E-state index contributed by atoms with van der Waals surface area (Å²) in [6.07, 6.45) is 10.0. The van der Waals surface area contributed by atoms with Gasteiger partial charge in [0, 0.05) is 0 Å². The van der Waals surface area contributed by atoms with E-state index in [2.05, 4.69) is 181 Å². The Morgan fingerprint density at radius 2 is 1.00 bits per heavy atom. The average Bonchev–Trinajstić information content (AvgIpc) is 3.79. The topological polar surface area (TPSA) is 0 Å². The van der Waals surface area contributed by atoms with E-state index in [9.17, 15) is 0 Å². The Hall–Kier alpha value is -3.48. The summed E-state index contributed by atoms with van der Waals surface area (Å²) < 4.78 is 1.42. The molecule has 252 valence electrons. The fourth-order valence-corrected chi connectivity index (χ4v) is 7.38. The number of benzene rings is 6. The predicted molar refractivity (Wildman–Crippen MR) is 222 cm³/mol. The molecule has 7 aromatic carbocycles. The Kier molecular flexibility index (Phi) is 13.1. The van der Waals surface area contributed by atoms with Crippen LogP contribution in [0.4, 0.5) is 0 Å². The molecule has 0 saturated heterocycles. The molecule has 0 N–H and O–H groups in total. The summed E-state index contributed by atoms with van der Waals surface area (Å²) in [5.41, 5.74) is 5.91. The van der Waals surface area contributed by atoms with Crippen molar-refractivity contribution in [1.82, 2.24) is 0 Å². The molecule has 0 spiro atoms. The van der Waals surface area contributed by atoms with Crippen LogP contribution in [0.15, 0.2) is 146 Å². The van der Waals surface area contributed by atoms with E-state index in [1.54, 1.807) is 0 Å². The molecule has 0 amide bonds. The maximum absolute atomic E-state index is 2.99. The van der Waals surface area contributed by atoms with Gasteiger partial charge in [0.2, 0.25) is 0 Å². The molecule has 1 aliphatic carbocycles. The molecule has 0 heterocycles. The van der Waals surface area contributed by atoms with Crippen LogP contribution < -0.4 is 0 Å². The monoisotopic (exact) mass is 770 g/mol. The van der Waals surface area contributed by atoms with E-state index < -0.39 is 0 Å². The van der Waals surface area contributed by atoms with Crippen LogP contribution in [0, 0.1) is 6.08 Å². The molecule has 0 unspecified atom stereocenters. The SMILES string of the molecule is CC(C)(C)c1ccc2[cH-]c3ccc(C(C)(C)C)cc3c2c1.Cl.Cl.[C-]1=CC=CC1.[Zr+2]=[C](c1cccc2ccccc12)c1cccc2ccccc12. The second kappa shape index (κ2) is 16.7. The second-order valence-corrected chi connectivity index (χ2v) is 15.9. The van der Waals surface area contributed by atoms with Gasteiger partial charge in [-0.1, -0.05) is 76.9 Å². The van der Waals surface area contributed by atoms with Crippen LogP contribution in [-0.4, -0.2) is 3.21 Å². The van der Waals surface area contributed by atoms with Crippen molar-refractivity contribution in [2.24, 2.45) is 0 Å². The molecule has 0 saturated carbocycles. The van der Waals surface area contributed by atoms with Crippen LogP contribution >= 0.6 is 24.8 Å². The van der Waals surface area contributed by atoms with Crippen LogP contribution in [0.3, 0.4) is 0 Å². The molecule has 0 radical (unpaired) electrons. The number of allylic oxidation sites excluding steroid dienone is 4. The Morgan fingerprint density at radius 1 is 0.560 bits per heavy atom. The first-order valence-electron chi connectivity index (χ1n) is 16.9. The molecule has 0 nitrogen and oxygen atoms in total. The van der Waals surface area contributed by atoms with Crippen molar-refractivity contribution < 1.29 is 24.2 Å². The Balaban J connectivity index is 0.000000190. The summed E-state index contributed by atoms with van der Waals surface area (Å²) >= 11 is 1.44. The van der Waals surface area contributed by atoms with E-state index in [4.69, 9.17) is 0 Å². The summed E-state index contributed by atoms with van der Waals surface area (Å²) in [4.78, 5) is 0. The van der Waals surface area contributed by atoms with Crippen LogP contribution in [0.1, 0.15) is 70.2 Å². The molecule has 0 aromatic heterocycles. The summed E-state index contributed by atoms with van der Waals surface area (Å²) in [5, 5.41) is 10.8. The third-order valence-corrected chi connectivity index (χ3v) is 10.5. The van der Waals surface area contributed by atoms with Gasteiger partial charge in [-0.25, -0.2) is 12.2 Å². The first-order chi connectivity index (χ1) is 23.0. The fraction of sp³-hybridized carbons (Fsp3) is 0.191. The minimum absolute atomic E-state index is 0. The predicted octanol–water partition coefficient (Wildman–Crippen LogP) is 13.6. The zero-order chi connectivity index (χ0) is 33.9. The van der Waals surface area contributed by atoms with Crippen molar-refractivity contribution in [3.8, 4) is 0 Å². The van der Waals surface area contributed by atoms with E-state index in [0.29, 0.717) is 0 Å². The third-order valence-electron chi connectivity index (χ3n) is 9.14. The van der Waals surface area contributed by atoms with Gasteiger partial charge in [-0.15, -0.1) is 71.0 Å². The molecule has 8 rings (SSSR count). The van der Waals surface area contributed by atoms with Gasteiger partial charge >= 0.3 is 145 Å². The van der Waals surface area contributed by atoms with E-state index in [-0.39, 0.29) is 35.6 Å². The van der Waals surface area contributed by atoms with Crippen molar-refractivity contribution >= 4 is 71.1 Å². The maximum atomic E-state index is 2.99. The van der Waals surface area contributed by atoms with Crippen LogP contribution in [0.25, 0.3) is 43.1 Å².